The van der Waals surface area contributed by atoms with Crippen LogP contribution in [-0.4, -0.2) is 21.6 Å². The van der Waals surface area contributed by atoms with Gasteiger partial charge in [-0.25, -0.2) is 13.1 Å². The van der Waals surface area contributed by atoms with E-state index in [1.165, 1.54) is 5.56 Å². The molecule has 0 spiro atoms. The third-order valence-corrected chi connectivity index (χ3v) is 8.09. The molecule has 7 heteroatoms. The van der Waals surface area contributed by atoms with Gasteiger partial charge in [-0.3, -0.25) is 0 Å². The minimum Gasteiger partial charge on any atom is -0.375 e. The van der Waals surface area contributed by atoms with E-state index in [0.29, 0.717) is 25.6 Å². The fourth-order valence-corrected chi connectivity index (χ4v) is 5.65. The van der Waals surface area contributed by atoms with Crippen LogP contribution in [0.1, 0.15) is 39.9 Å². The van der Waals surface area contributed by atoms with Crippen LogP contribution in [0.2, 0.25) is 0 Å². The molecule has 2 atom stereocenters. The molecule has 0 aliphatic carbocycles. The SMILES string of the molecule is Cc1ccc(COCCN[C@@H](c2ccccc2)[C@@H](NS(=O)(=O)c2ccc(CCl)cc2)c2ccccc2)cc1. The van der Waals surface area contributed by atoms with Gasteiger partial charge in [0, 0.05) is 12.4 Å². The summed E-state index contributed by atoms with van der Waals surface area (Å²) in [6.07, 6.45) is 0. The number of rotatable bonds is 13. The Bertz CT molecular complexity index is 1360. The van der Waals surface area contributed by atoms with Gasteiger partial charge in [-0.15, -0.1) is 11.6 Å². The highest BCUT2D eigenvalue weighted by molar-refractivity contribution is 7.89. The lowest BCUT2D eigenvalue weighted by molar-refractivity contribution is 0.119. The molecule has 4 aromatic carbocycles. The van der Waals surface area contributed by atoms with E-state index in [4.69, 9.17) is 16.3 Å². The molecular formula is C31H33ClN2O3S. The number of nitrogens with one attached hydrogen (secondary N) is 2. The first-order valence-electron chi connectivity index (χ1n) is 12.6. The predicted molar refractivity (Wildman–Crippen MR) is 154 cm³/mol. The normalized spacial score (nSPS) is 13.2. The van der Waals surface area contributed by atoms with Crippen LogP contribution in [0.25, 0.3) is 0 Å². The van der Waals surface area contributed by atoms with Crippen molar-refractivity contribution in [1.82, 2.24) is 10.0 Å². The van der Waals surface area contributed by atoms with Crippen LogP contribution >= 0.6 is 11.6 Å². The van der Waals surface area contributed by atoms with Crippen molar-refractivity contribution in [1.29, 1.82) is 0 Å². The highest BCUT2D eigenvalue weighted by Crippen LogP contribution is 2.31. The van der Waals surface area contributed by atoms with Crippen molar-refractivity contribution in [2.24, 2.45) is 0 Å². The highest BCUT2D eigenvalue weighted by Gasteiger charge is 2.29. The number of halogens is 1. The second kappa shape index (κ2) is 13.7. The summed E-state index contributed by atoms with van der Waals surface area (Å²) in [5, 5.41) is 3.55. The van der Waals surface area contributed by atoms with E-state index in [2.05, 4.69) is 41.2 Å². The fourth-order valence-electron chi connectivity index (χ4n) is 4.23. The van der Waals surface area contributed by atoms with Crippen LogP contribution in [0.3, 0.4) is 0 Å². The number of hydrogen-bond acceptors (Lipinski definition) is 4. The van der Waals surface area contributed by atoms with Gasteiger partial charge in [0.05, 0.1) is 30.2 Å². The minimum absolute atomic E-state index is 0.195. The lowest BCUT2D eigenvalue weighted by atomic mass is 9.94. The average Bonchev–Trinajstić information content (AvgIpc) is 2.96. The molecule has 0 aliphatic heterocycles. The largest absolute Gasteiger partial charge is 0.375 e. The number of benzene rings is 4. The van der Waals surface area contributed by atoms with Crippen molar-refractivity contribution in [3.63, 3.8) is 0 Å². The molecule has 5 nitrogen and oxygen atoms in total. The van der Waals surface area contributed by atoms with Gasteiger partial charge >= 0.3 is 0 Å². The van der Waals surface area contributed by atoms with Crippen molar-refractivity contribution in [3.8, 4) is 0 Å². The van der Waals surface area contributed by atoms with Gasteiger partial charge in [-0.1, -0.05) is 103 Å². The Morgan fingerprint density at radius 3 is 1.87 bits per heavy atom. The first-order chi connectivity index (χ1) is 18.5. The maximum Gasteiger partial charge on any atom is 0.241 e. The first-order valence-corrected chi connectivity index (χ1v) is 14.6. The van der Waals surface area contributed by atoms with Crippen molar-refractivity contribution in [2.45, 2.75) is 36.4 Å². The molecular weight excluding hydrogens is 516 g/mol. The zero-order valence-corrected chi connectivity index (χ0v) is 23.0. The molecule has 0 aromatic heterocycles. The summed E-state index contributed by atoms with van der Waals surface area (Å²) in [6, 6.07) is 33.5. The monoisotopic (exact) mass is 548 g/mol. The van der Waals surface area contributed by atoms with Crippen LogP contribution in [0, 0.1) is 6.92 Å². The van der Waals surface area contributed by atoms with E-state index in [-0.39, 0.29) is 10.9 Å². The fraction of sp³-hybridized carbons (Fsp3) is 0.226. The summed E-state index contributed by atoms with van der Waals surface area (Å²) in [7, 11) is -3.82. The molecule has 0 heterocycles. The number of ether oxygens (including phenoxy) is 1. The average molecular weight is 549 g/mol. The second-order valence-corrected chi connectivity index (χ2v) is 11.1. The minimum atomic E-state index is -3.82. The standard InChI is InChI=1S/C31H33ClN2O3S/c1-24-12-14-26(15-13-24)23-37-21-20-33-30(27-8-4-2-5-9-27)31(28-10-6-3-7-11-28)34-38(35,36)29-18-16-25(22-32)17-19-29/h2-19,30-31,33-34H,20-23H2,1H3/t30-,31-/m0/s1. The summed E-state index contributed by atoms with van der Waals surface area (Å²) in [5.41, 5.74) is 5.02. The van der Waals surface area contributed by atoms with Gasteiger partial charge in [0.1, 0.15) is 0 Å². The van der Waals surface area contributed by atoms with Crippen molar-refractivity contribution < 1.29 is 13.2 Å². The van der Waals surface area contributed by atoms with Gasteiger partial charge in [0.25, 0.3) is 0 Å². The van der Waals surface area contributed by atoms with Crippen LogP contribution in [0.15, 0.2) is 114 Å². The Morgan fingerprint density at radius 1 is 0.737 bits per heavy atom. The Morgan fingerprint density at radius 2 is 1.29 bits per heavy atom. The Kier molecular flexibility index (Phi) is 10.1. The van der Waals surface area contributed by atoms with E-state index < -0.39 is 16.1 Å². The molecule has 0 saturated heterocycles. The summed E-state index contributed by atoms with van der Waals surface area (Å²) < 4.78 is 35.9. The molecule has 0 fully saturated rings. The summed E-state index contributed by atoms with van der Waals surface area (Å²) >= 11 is 5.90. The molecule has 4 aromatic rings. The molecule has 0 amide bonds. The molecule has 4 rings (SSSR count). The number of aryl methyl sites for hydroxylation is 1. The van der Waals surface area contributed by atoms with E-state index in [1.807, 2.05) is 60.7 Å². The summed E-state index contributed by atoms with van der Waals surface area (Å²) in [6.45, 7) is 3.60. The molecule has 0 bridgehead atoms. The Hall–Kier alpha value is -3.00. The van der Waals surface area contributed by atoms with Gasteiger partial charge in [0.15, 0.2) is 0 Å². The van der Waals surface area contributed by atoms with Crippen molar-refractivity contribution in [3.05, 3.63) is 137 Å². The number of sulfonamides is 1. The third-order valence-electron chi connectivity index (χ3n) is 6.32. The van der Waals surface area contributed by atoms with E-state index in [0.717, 1.165) is 22.3 Å². The zero-order chi connectivity index (χ0) is 26.8. The molecule has 0 aliphatic rings. The molecule has 198 valence electrons. The molecule has 2 N–H and O–H groups in total. The lowest BCUT2D eigenvalue weighted by Crippen LogP contribution is -2.39. The van der Waals surface area contributed by atoms with Crippen LogP contribution in [-0.2, 0) is 27.2 Å². The third kappa shape index (κ3) is 7.76. The van der Waals surface area contributed by atoms with Crippen LogP contribution in [0.4, 0.5) is 0 Å². The zero-order valence-electron chi connectivity index (χ0n) is 21.4. The van der Waals surface area contributed by atoms with Gasteiger partial charge in [0.2, 0.25) is 10.0 Å². The Labute approximate surface area is 230 Å². The van der Waals surface area contributed by atoms with Crippen molar-refractivity contribution in [2.75, 3.05) is 13.2 Å². The maximum absolute atomic E-state index is 13.5. The quantitative estimate of drug-likeness (QED) is 0.152. The molecule has 0 unspecified atom stereocenters. The van der Waals surface area contributed by atoms with E-state index >= 15 is 0 Å². The number of alkyl halides is 1. The van der Waals surface area contributed by atoms with E-state index in [9.17, 15) is 8.42 Å². The van der Waals surface area contributed by atoms with E-state index in [1.54, 1.807) is 24.3 Å². The predicted octanol–water partition coefficient (Wildman–Crippen LogP) is 6.30. The van der Waals surface area contributed by atoms with Crippen molar-refractivity contribution >= 4 is 21.6 Å². The topological polar surface area (TPSA) is 67.4 Å². The summed E-state index contributed by atoms with van der Waals surface area (Å²) in [4.78, 5) is 0.195. The summed E-state index contributed by atoms with van der Waals surface area (Å²) in [5.74, 6) is 0.326. The maximum atomic E-state index is 13.5. The molecule has 0 radical (unpaired) electrons. The van der Waals surface area contributed by atoms with Gasteiger partial charge < -0.3 is 10.1 Å². The molecule has 0 saturated carbocycles. The van der Waals surface area contributed by atoms with Crippen LogP contribution in [0.5, 0.6) is 0 Å². The van der Waals surface area contributed by atoms with Gasteiger partial charge in [-0.2, -0.15) is 0 Å². The lowest BCUT2D eigenvalue weighted by Gasteiger charge is -2.30. The Balaban J connectivity index is 1.55. The molecule has 38 heavy (non-hydrogen) atoms. The van der Waals surface area contributed by atoms with Crippen LogP contribution < -0.4 is 10.0 Å². The first kappa shape index (κ1) is 28.0. The van der Waals surface area contributed by atoms with Gasteiger partial charge in [-0.05, 0) is 41.3 Å². The second-order valence-electron chi connectivity index (χ2n) is 9.17. The highest BCUT2D eigenvalue weighted by atomic mass is 35.5. The number of hydrogen-bond donors (Lipinski definition) is 2. The smallest absolute Gasteiger partial charge is 0.241 e.